The molecule has 1 atom stereocenters. The van der Waals surface area contributed by atoms with Crippen molar-refractivity contribution in [2.45, 2.75) is 19.3 Å². The number of hydrogen-bond acceptors (Lipinski definition) is 4. The van der Waals surface area contributed by atoms with Crippen LogP contribution in [0.15, 0.2) is 0 Å². The smallest absolute Gasteiger partial charge is 0.236 e. The fraction of sp³-hybridized carbons (Fsp3) is 0.833. The molecule has 1 saturated heterocycles. The predicted molar refractivity (Wildman–Crippen MR) is 67.7 cm³/mol. The monoisotopic (exact) mass is 257 g/mol. The highest BCUT2D eigenvalue weighted by Gasteiger charge is 2.27. The topological polar surface area (TPSA) is 86.9 Å². The Kier molecular flexibility index (Phi) is 6.07. The first-order chi connectivity index (χ1) is 8.54. The van der Waals surface area contributed by atoms with Crippen LogP contribution in [0.1, 0.15) is 19.3 Å². The first kappa shape index (κ1) is 14.9. The molecule has 1 rings (SSSR count). The number of nitrogens with zero attached hydrogens (tertiary/aromatic N) is 2. The molecule has 3 N–H and O–H groups in total. The molecule has 104 valence electrons. The van der Waals surface area contributed by atoms with Gasteiger partial charge in [0.25, 0.3) is 0 Å². The number of aliphatic hydroxyl groups excluding tert-OH is 1. The standard InChI is InChI=1S/C12H23N3O3/c1-14(5-3-7-16)9-11(17)15-6-2-4-10(8-15)12(13)18/h10,16H,2-9H2,1H3,(H2,13,18). The van der Waals surface area contributed by atoms with E-state index < -0.39 is 0 Å². The number of likely N-dealkylation sites (N-methyl/N-ethyl adjacent to an activating group) is 1. The third-order valence-corrected chi connectivity index (χ3v) is 3.28. The minimum absolute atomic E-state index is 0.0291. The van der Waals surface area contributed by atoms with E-state index in [1.54, 1.807) is 4.90 Å². The van der Waals surface area contributed by atoms with E-state index in [9.17, 15) is 9.59 Å². The summed E-state index contributed by atoms with van der Waals surface area (Å²) in [4.78, 5) is 26.7. The lowest BCUT2D eigenvalue weighted by Gasteiger charge is -2.32. The highest BCUT2D eigenvalue weighted by atomic mass is 16.3. The number of likely N-dealkylation sites (tertiary alicyclic amines) is 1. The molecule has 0 bridgehead atoms. The molecule has 1 fully saturated rings. The van der Waals surface area contributed by atoms with Crippen molar-refractivity contribution in [2.75, 3.05) is 39.8 Å². The second-order valence-corrected chi connectivity index (χ2v) is 4.90. The SMILES string of the molecule is CN(CCCO)CC(=O)N1CCCC(C(N)=O)C1. The summed E-state index contributed by atoms with van der Waals surface area (Å²) in [5.74, 6) is -0.493. The number of aliphatic hydroxyl groups is 1. The van der Waals surface area contributed by atoms with Crippen LogP contribution in [0.5, 0.6) is 0 Å². The van der Waals surface area contributed by atoms with Gasteiger partial charge in [0.2, 0.25) is 11.8 Å². The number of primary amides is 1. The van der Waals surface area contributed by atoms with Crippen LogP contribution >= 0.6 is 0 Å². The molecule has 1 unspecified atom stereocenters. The molecule has 18 heavy (non-hydrogen) atoms. The van der Waals surface area contributed by atoms with E-state index >= 15 is 0 Å². The zero-order valence-electron chi connectivity index (χ0n) is 11.0. The largest absolute Gasteiger partial charge is 0.396 e. The Hall–Kier alpha value is -1.14. The second-order valence-electron chi connectivity index (χ2n) is 4.90. The predicted octanol–water partition coefficient (Wildman–Crippen LogP) is -0.975. The summed E-state index contributed by atoms with van der Waals surface area (Å²) < 4.78 is 0. The molecule has 6 heteroatoms. The molecule has 0 spiro atoms. The minimum Gasteiger partial charge on any atom is -0.396 e. The van der Waals surface area contributed by atoms with Crippen LogP contribution in [-0.4, -0.2) is 66.6 Å². The summed E-state index contributed by atoms with van der Waals surface area (Å²) >= 11 is 0. The number of carbonyl (C=O) groups excluding carboxylic acids is 2. The second kappa shape index (κ2) is 7.33. The average molecular weight is 257 g/mol. The Morgan fingerprint density at radius 2 is 2.22 bits per heavy atom. The molecule has 0 saturated carbocycles. The maximum atomic E-state index is 12.0. The van der Waals surface area contributed by atoms with Crippen molar-refractivity contribution in [2.24, 2.45) is 11.7 Å². The first-order valence-electron chi connectivity index (χ1n) is 6.41. The van der Waals surface area contributed by atoms with Crippen molar-refractivity contribution in [1.29, 1.82) is 0 Å². The highest BCUT2D eigenvalue weighted by molar-refractivity contribution is 5.81. The van der Waals surface area contributed by atoms with Crippen molar-refractivity contribution in [1.82, 2.24) is 9.80 Å². The number of rotatable bonds is 6. The third kappa shape index (κ3) is 4.62. The van der Waals surface area contributed by atoms with Crippen LogP contribution in [0.25, 0.3) is 0 Å². The van der Waals surface area contributed by atoms with Gasteiger partial charge < -0.3 is 15.7 Å². The van der Waals surface area contributed by atoms with E-state index in [1.807, 2.05) is 11.9 Å². The molecule has 0 aromatic heterocycles. The van der Waals surface area contributed by atoms with Crippen LogP contribution < -0.4 is 5.73 Å². The Bertz CT molecular complexity index is 296. The van der Waals surface area contributed by atoms with Gasteiger partial charge in [-0.15, -0.1) is 0 Å². The average Bonchev–Trinajstić information content (AvgIpc) is 2.36. The van der Waals surface area contributed by atoms with Gasteiger partial charge in [-0.05, 0) is 26.3 Å². The fourth-order valence-electron chi connectivity index (χ4n) is 2.19. The molecule has 0 radical (unpaired) electrons. The molecular weight excluding hydrogens is 234 g/mol. The van der Waals surface area contributed by atoms with E-state index in [4.69, 9.17) is 10.8 Å². The zero-order chi connectivity index (χ0) is 13.5. The van der Waals surface area contributed by atoms with Gasteiger partial charge in [0.1, 0.15) is 0 Å². The van der Waals surface area contributed by atoms with Gasteiger partial charge in [-0.25, -0.2) is 0 Å². The maximum Gasteiger partial charge on any atom is 0.236 e. The molecule has 0 aromatic rings. The van der Waals surface area contributed by atoms with Gasteiger partial charge in [0.05, 0.1) is 12.5 Å². The molecule has 1 aliphatic rings. The van der Waals surface area contributed by atoms with Gasteiger partial charge >= 0.3 is 0 Å². The maximum absolute atomic E-state index is 12.0. The highest BCUT2D eigenvalue weighted by Crippen LogP contribution is 2.16. The third-order valence-electron chi connectivity index (χ3n) is 3.28. The zero-order valence-corrected chi connectivity index (χ0v) is 11.0. The van der Waals surface area contributed by atoms with E-state index in [2.05, 4.69) is 0 Å². The molecular formula is C12H23N3O3. The van der Waals surface area contributed by atoms with Gasteiger partial charge in [-0.2, -0.15) is 0 Å². The lowest BCUT2D eigenvalue weighted by Crippen LogP contribution is -2.47. The van der Waals surface area contributed by atoms with E-state index in [-0.39, 0.29) is 24.3 Å². The Morgan fingerprint density at radius 3 is 2.83 bits per heavy atom. The summed E-state index contributed by atoms with van der Waals surface area (Å²) in [6.07, 6.45) is 2.27. The van der Waals surface area contributed by atoms with Crippen LogP contribution in [0.4, 0.5) is 0 Å². The van der Waals surface area contributed by atoms with Crippen molar-refractivity contribution in [3.05, 3.63) is 0 Å². The van der Waals surface area contributed by atoms with Crippen LogP contribution in [0.3, 0.4) is 0 Å². The Balaban J connectivity index is 2.38. The number of nitrogens with two attached hydrogens (primary N) is 1. The number of amides is 2. The normalized spacial score (nSPS) is 20.2. The van der Waals surface area contributed by atoms with Crippen LogP contribution in [-0.2, 0) is 9.59 Å². The Morgan fingerprint density at radius 1 is 1.50 bits per heavy atom. The summed E-state index contributed by atoms with van der Waals surface area (Å²) in [7, 11) is 1.85. The lowest BCUT2D eigenvalue weighted by atomic mass is 9.97. The summed E-state index contributed by atoms with van der Waals surface area (Å²) in [5, 5.41) is 8.72. The van der Waals surface area contributed by atoms with Gasteiger partial charge in [-0.3, -0.25) is 14.5 Å². The summed E-state index contributed by atoms with van der Waals surface area (Å²) in [6, 6.07) is 0. The van der Waals surface area contributed by atoms with E-state index in [0.29, 0.717) is 32.6 Å². The minimum atomic E-state index is -0.318. The lowest BCUT2D eigenvalue weighted by molar-refractivity contribution is -0.135. The molecule has 0 aliphatic carbocycles. The number of hydrogen-bond donors (Lipinski definition) is 2. The molecule has 6 nitrogen and oxygen atoms in total. The molecule has 2 amide bonds. The van der Waals surface area contributed by atoms with E-state index in [1.165, 1.54) is 0 Å². The van der Waals surface area contributed by atoms with Gasteiger partial charge in [-0.1, -0.05) is 0 Å². The quantitative estimate of drug-likeness (QED) is 0.640. The molecule has 1 aliphatic heterocycles. The van der Waals surface area contributed by atoms with Crippen molar-refractivity contribution in [3.8, 4) is 0 Å². The first-order valence-corrected chi connectivity index (χ1v) is 6.41. The van der Waals surface area contributed by atoms with Crippen molar-refractivity contribution < 1.29 is 14.7 Å². The van der Waals surface area contributed by atoms with Crippen LogP contribution in [0, 0.1) is 5.92 Å². The van der Waals surface area contributed by atoms with Crippen molar-refractivity contribution in [3.63, 3.8) is 0 Å². The number of piperidine rings is 1. The van der Waals surface area contributed by atoms with Crippen LogP contribution in [0.2, 0.25) is 0 Å². The number of carbonyl (C=O) groups is 2. The van der Waals surface area contributed by atoms with Gasteiger partial charge in [0.15, 0.2) is 0 Å². The molecule has 1 heterocycles. The Labute approximate surface area is 108 Å². The van der Waals surface area contributed by atoms with E-state index in [0.717, 1.165) is 12.8 Å². The summed E-state index contributed by atoms with van der Waals surface area (Å²) in [5.41, 5.74) is 5.28. The molecule has 0 aromatic carbocycles. The van der Waals surface area contributed by atoms with Crippen molar-refractivity contribution >= 4 is 11.8 Å². The fourth-order valence-corrected chi connectivity index (χ4v) is 2.19. The van der Waals surface area contributed by atoms with Gasteiger partial charge in [0, 0.05) is 26.2 Å². The summed E-state index contributed by atoms with van der Waals surface area (Å²) in [6.45, 7) is 2.30.